The van der Waals surface area contributed by atoms with Gasteiger partial charge in [-0.25, -0.2) is 8.42 Å². The SMILES string of the molecule is O=S1(=O)CCC(C(O)C2=CCCCO2)C1. The molecule has 2 atom stereocenters. The molecule has 2 unspecified atom stereocenters. The van der Waals surface area contributed by atoms with Gasteiger partial charge in [-0.2, -0.15) is 0 Å². The Hall–Kier alpha value is -0.550. The Bertz CT molecular complexity index is 358. The third-order valence-corrected chi connectivity index (χ3v) is 4.76. The zero-order chi connectivity index (χ0) is 10.9. The van der Waals surface area contributed by atoms with E-state index in [1.54, 1.807) is 0 Å². The molecule has 0 aromatic rings. The standard InChI is InChI=1S/C10H16O4S/c11-10(9-3-1-2-5-14-9)8-4-6-15(12,13)7-8/h3,8,10-11H,1-2,4-7H2. The highest BCUT2D eigenvalue weighted by Crippen LogP contribution is 2.27. The molecule has 5 heteroatoms. The second-order valence-corrected chi connectivity index (χ2v) is 6.43. The van der Waals surface area contributed by atoms with Crippen LogP contribution in [0.15, 0.2) is 11.8 Å². The summed E-state index contributed by atoms with van der Waals surface area (Å²) in [5, 5.41) is 9.95. The summed E-state index contributed by atoms with van der Waals surface area (Å²) >= 11 is 0. The lowest BCUT2D eigenvalue weighted by atomic mass is 9.99. The lowest BCUT2D eigenvalue weighted by Gasteiger charge is -2.23. The van der Waals surface area contributed by atoms with E-state index in [4.69, 9.17) is 4.74 Å². The van der Waals surface area contributed by atoms with Crippen molar-refractivity contribution in [2.45, 2.75) is 25.4 Å². The summed E-state index contributed by atoms with van der Waals surface area (Å²) in [5.74, 6) is 0.680. The van der Waals surface area contributed by atoms with Crippen molar-refractivity contribution in [2.75, 3.05) is 18.1 Å². The number of sulfone groups is 1. The monoisotopic (exact) mass is 232 g/mol. The van der Waals surface area contributed by atoms with E-state index in [1.165, 1.54) is 0 Å². The van der Waals surface area contributed by atoms with Gasteiger partial charge in [0.15, 0.2) is 9.84 Å². The molecule has 86 valence electrons. The molecule has 0 aliphatic carbocycles. The molecule has 4 nitrogen and oxygen atoms in total. The summed E-state index contributed by atoms with van der Waals surface area (Å²) in [6.07, 6.45) is 3.57. The van der Waals surface area contributed by atoms with E-state index in [-0.39, 0.29) is 17.4 Å². The molecule has 0 bridgehead atoms. The lowest BCUT2D eigenvalue weighted by Crippen LogP contribution is -2.26. The van der Waals surface area contributed by atoms with Gasteiger partial charge in [-0.05, 0) is 25.3 Å². The predicted molar refractivity (Wildman–Crippen MR) is 56.0 cm³/mol. The molecule has 0 saturated carbocycles. The molecule has 15 heavy (non-hydrogen) atoms. The largest absolute Gasteiger partial charge is 0.495 e. The molecule has 1 fully saturated rings. The summed E-state index contributed by atoms with van der Waals surface area (Å²) in [4.78, 5) is 0. The predicted octanol–water partition coefficient (Wildman–Crippen LogP) is 0.476. The minimum absolute atomic E-state index is 0.0921. The fourth-order valence-corrected chi connectivity index (χ4v) is 3.92. The van der Waals surface area contributed by atoms with Gasteiger partial charge < -0.3 is 9.84 Å². The van der Waals surface area contributed by atoms with Crippen LogP contribution in [0.1, 0.15) is 19.3 Å². The molecule has 0 amide bonds. The van der Waals surface area contributed by atoms with Crippen molar-refractivity contribution in [1.82, 2.24) is 0 Å². The smallest absolute Gasteiger partial charge is 0.150 e. The summed E-state index contributed by atoms with van der Waals surface area (Å²) < 4.78 is 27.9. The first-order chi connectivity index (χ1) is 7.08. The second kappa shape index (κ2) is 4.14. The van der Waals surface area contributed by atoms with Crippen LogP contribution in [0.3, 0.4) is 0 Å². The van der Waals surface area contributed by atoms with Crippen molar-refractivity contribution in [3.05, 3.63) is 11.8 Å². The highest BCUT2D eigenvalue weighted by Gasteiger charge is 2.35. The molecule has 1 saturated heterocycles. The van der Waals surface area contributed by atoms with Gasteiger partial charge in [-0.15, -0.1) is 0 Å². The van der Waals surface area contributed by atoms with Crippen LogP contribution in [-0.4, -0.2) is 37.7 Å². The number of rotatable bonds is 2. The highest BCUT2D eigenvalue weighted by molar-refractivity contribution is 7.91. The van der Waals surface area contributed by atoms with Crippen LogP contribution in [0.4, 0.5) is 0 Å². The van der Waals surface area contributed by atoms with E-state index in [0.29, 0.717) is 18.8 Å². The van der Waals surface area contributed by atoms with E-state index >= 15 is 0 Å². The molecular formula is C10H16O4S. The molecule has 0 spiro atoms. The molecule has 2 aliphatic rings. The van der Waals surface area contributed by atoms with Crippen molar-refractivity contribution >= 4 is 9.84 Å². The highest BCUT2D eigenvalue weighted by atomic mass is 32.2. The molecule has 2 heterocycles. The Morgan fingerprint density at radius 3 is 2.87 bits per heavy atom. The quantitative estimate of drug-likeness (QED) is 0.752. The Kier molecular flexibility index (Phi) is 3.02. The van der Waals surface area contributed by atoms with Gasteiger partial charge in [-0.1, -0.05) is 0 Å². The molecular weight excluding hydrogens is 216 g/mol. The first-order valence-corrected chi connectivity index (χ1v) is 7.12. The maximum Gasteiger partial charge on any atom is 0.150 e. The zero-order valence-corrected chi connectivity index (χ0v) is 9.37. The number of aliphatic hydroxyl groups excluding tert-OH is 1. The number of aliphatic hydroxyl groups is 1. The Labute approximate surface area is 89.9 Å². The number of allylic oxidation sites excluding steroid dienone is 1. The van der Waals surface area contributed by atoms with Crippen LogP contribution in [0, 0.1) is 5.92 Å². The van der Waals surface area contributed by atoms with E-state index in [9.17, 15) is 13.5 Å². The van der Waals surface area contributed by atoms with Gasteiger partial charge in [0.05, 0.1) is 18.1 Å². The van der Waals surface area contributed by atoms with Gasteiger partial charge in [-0.3, -0.25) is 0 Å². The summed E-state index contributed by atoms with van der Waals surface area (Å²) in [5.41, 5.74) is 0. The van der Waals surface area contributed by atoms with Crippen LogP contribution in [0.2, 0.25) is 0 Å². The van der Waals surface area contributed by atoms with Crippen molar-refractivity contribution < 1.29 is 18.3 Å². The van der Waals surface area contributed by atoms with Crippen LogP contribution in [-0.2, 0) is 14.6 Å². The number of hydrogen-bond donors (Lipinski definition) is 1. The molecule has 0 radical (unpaired) electrons. The van der Waals surface area contributed by atoms with Crippen molar-refractivity contribution in [3.8, 4) is 0 Å². The summed E-state index contributed by atoms with van der Waals surface area (Å²) in [6.45, 7) is 0.627. The van der Waals surface area contributed by atoms with E-state index in [2.05, 4.69) is 0 Å². The molecule has 2 rings (SSSR count). The Balaban J connectivity index is 2.02. The molecule has 1 N–H and O–H groups in total. The first kappa shape index (κ1) is 11.0. The third-order valence-electron chi connectivity index (χ3n) is 2.97. The Morgan fingerprint density at radius 2 is 2.33 bits per heavy atom. The topological polar surface area (TPSA) is 63.6 Å². The fourth-order valence-electron chi connectivity index (χ4n) is 2.09. The van der Waals surface area contributed by atoms with Gasteiger partial charge in [0, 0.05) is 5.92 Å². The van der Waals surface area contributed by atoms with Gasteiger partial charge in [0.2, 0.25) is 0 Å². The molecule has 2 aliphatic heterocycles. The average Bonchev–Trinajstić information content (AvgIpc) is 2.59. The van der Waals surface area contributed by atoms with Crippen LogP contribution < -0.4 is 0 Å². The number of ether oxygens (including phenoxy) is 1. The summed E-state index contributed by atoms with van der Waals surface area (Å²) in [7, 11) is -2.92. The van der Waals surface area contributed by atoms with E-state index < -0.39 is 15.9 Å². The second-order valence-electron chi connectivity index (χ2n) is 4.21. The number of hydrogen-bond acceptors (Lipinski definition) is 4. The van der Waals surface area contributed by atoms with Crippen molar-refractivity contribution in [3.63, 3.8) is 0 Å². The minimum Gasteiger partial charge on any atom is -0.495 e. The van der Waals surface area contributed by atoms with Crippen molar-refractivity contribution in [1.29, 1.82) is 0 Å². The van der Waals surface area contributed by atoms with Crippen LogP contribution in [0.5, 0.6) is 0 Å². The molecule has 0 aromatic carbocycles. The molecule has 0 aromatic heterocycles. The minimum atomic E-state index is -2.92. The maximum atomic E-state index is 11.3. The van der Waals surface area contributed by atoms with Gasteiger partial charge in [0.1, 0.15) is 11.9 Å². The first-order valence-electron chi connectivity index (χ1n) is 5.30. The zero-order valence-electron chi connectivity index (χ0n) is 8.55. The summed E-state index contributed by atoms with van der Waals surface area (Å²) in [6, 6.07) is 0. The van der Waals surface area contributed by atoms with Crippen LogP contribution in [0.25, 0.3) is 0 Å². The van der Waals surface area contributed by atoms with Crippen molar-refractivity contribution in [2.24, 2.45) is 5.92 Å². The van der Waals surface area contributed by atoms with E-state index in [0.717, 1.165) is 12.8 Å². The fraction of sp³-hybridized carbons (Fsp3) is 0.800. The third kappa shape index (κ3) is 2.52. The lowest BCUT2D eigenvalue weighted by molar-refractivity contribution is 0.0620. The van der Waals surface area contributed by atoms with E-state index in [1.807, 2.05) is 6.08 Å². The Morgan fingerprint density at radius 1 is 1.53 bits per heavy atom. The normalized spacial score (nSPS) is 31.8. The van der Waals surface area contributed by atoms with Crippen LogP contribution >= 0.6 is 0 Å². The maximum absolute atomic E-state index is 11.3. The van der Waals surface area contributed by atoms with Gasteiger partial charge in [0.25, 0.3) is 0 Å². The van der Waals surface area contributed by atoms with Gasteiger partial charge >= 0.3 is 0 Å². The average molecular weight is 232 g/mol.